The third-order valence-electron chi connectivity index (χ3n) is 5.33. The molecular weight excluding hydrogens is 220 g/mol. The van der Waals surface area contributed by atoms with Crippen molar-refractivity contribution in [1.82, 2.24) is 0 Å². The van der Waals surface area contributed by atoms with Gasteiger partial charge in [0.25, 0.3) is 0 Å². The molecule has 102 valence electrons. The summed E-state index contributed by atoms with van der Waals surface area (Å²) >= 11 is 0. The molecule has 2 aliphatic carbocycles. The molecule has 2 rings (SSSR count). The molecule has 0 radical (unpaired) electrons. The van der Waals surface area contributed by atoms with E-state index in [0.29, 0.717) is 17.8 Å². The molecule has 0 saturated carbocycles. The van der Waals surface area contributed by atoms with E-state index < -0.39 is 0 Å². The van der Waals surface area contributed by atoms with Crippen LogP contribution < -0.4 is 11.5 Å². The molecule has 0 aromatic heterocycles. The first-order valence-corrected chi connectivity index (χ1v) is 7.19. The lowest BCUT2D eigenvalue weighted by Crippen LogP contribution is -2.43. The molecule has 3 unspecified atom stereocenters. The van der Waals surface area contributed by atoms with Crippen molar-refractivity contribution in [2.24, 2.45) is 34.6 Å². The Labute approximate surface area is 112 Å². The Morgan fingerprint density at radius 2 is 1.78 bits per heavy atom. The van der Waals surface area contributed by atoms with Crippen molar-refractivity contribution >= 4 is 0 Å². The Morgan fingerprint density at radius 1 is 1.17 bits per heavy atom. The van der Waals surface area contributed by atoms with Gasteiger partial charge in [0.15, 0.2) is 0 Å². The average Bonchev–Trinajstić information content (AvgIpc) is 2.24. The lowest BCUT2D eigenvalue weighted by molar-refractivity contribution is 0.224. The molecular formula is C16H28N2. The van der Waals surface area contributed by atoms with Crippen molar-refractivity contribution in [1.29, 1.82) is 0 Å². The second-order valence-electron chi connectivity index (χ2n) is 6.97. The number of fused-ring (bicyclic) bond motifs is 2. The minimum absolute atomic E-state index is 0.154. The molecule has 0 saturated heterocycles. The van der Waals surface area contributed by atoms with Gasteiger partial charge in [-0.15, -0.1) is 0 Å². The fraction of sp³-hybridized carbons (Fsp3) is 0.750. The van der Waals surface area contributed by atoms with Crippen molar-refractivity contribution in [2.75, 3.05) is 0 Å². The Balaban J connectivity index is 2.58. The lowest BCUT2D eigenvalue weighted by Gasteiger charge is -2.47. The first-order chi connectivity index (χ1) is 8.25. The van der Waals surface area contributed by atoms with E-state index in [9.17, 15) is 0 Å². The van der Waals surface area contributed by atoms with Gasteiger partial charge in [-0.2, -0.15) is 0 Å². The van der Waals surface area contributed by atoms with E-state index in [4.69, 9.17) is 11.5 Å². The maximum Gasteiger partial charge on any atom is 0.0268 e. The molecule has 18 heavy (non-hydrogen) atoms. The molecule has 2 nitrogen and oxygen atoms in total. The number of nitrogens with two attached hydrogens (primary N) is 2. The molecule has 0 aromatic carbocycles. The van der Waals surface area contributed by atoms with Crippen LogP contribution in [0.5, 0.6) is 0 Å². The monoisotopic (exact) mass is 248 g/mol. The van der Waals surface area contributed by atoms with Crippen LogP contribution in [0, 0.1) is 23.2 Å². The molecule has 4 N–H and O–H groups in total. The third-order valence-corrected chi connectivity index (χ3v) is 5.33. The summed E-state index contributed by atoms with van der Waals surface area (Å²) < 4.78 is 0. The van der Waals surface area contributed by atoms with E-state index in [1.54, 1.807) is 0 Å². The van der Waals surface area contributed by atoms with E-state index in [1.165, 1.54) is 17.6 Å². The fourth-order valence-electron chi connectivity index (χ4n) is 3.90. The molecule has 0 aromatic rings. The van der Waals surface area contributed by atoms with Crippen molar-refractivity contribution in [2.45, 2.75) is 53.5 Å². The van der Waals surface area contributed by atoms with E-state index in [2.05, 4.69) is 40.7 Å². The second-order valence-corrected chi connectivity index (χ2v) is 6.97. The van der Waals surface area contributed by atoms with Crippen LogP contribution in [-0.4, -0.2) is 6.04 Å². The summed E-state index contributed by atoms with van der Waals surface area (Å²) in [6, 6.07) is 0.160. The lowest BCUT2D eigenvalue weighted by atomic mass is 9.59. The molecule has 0 aliphatic heterocycles. The third kappa shape index (κ3) is 2.01. The van der Waals surface area contributed by atoms with Crippen molar-refractivity contribution < 1.29 is 0 Å². The van der Waals surface area contributed by atoms with Crippen LogP contribution in [0.25, 0.3) is 0 Å². The van der Waals surface area contributed by atoms with Gasteiger partial charge in [-0.1, -0.05) is 39.3 Å². The van der Waals surface area contributed by atoms with Gasteiger partial charge in [-0.05, 0) is 48.5 Å². The Bertz CT molecular complexity index is 403. The molecule has 2 aliphatic rings. The van der Waals surface area contributed by atoms with E-state index in [1.807, 2.05) is 0 Å². The van der Waals surface area contributed by atoms with Crippen LogP contribution >= 0.6 is 0 Å². The highest BCUT2D eigenvalue weighted by atomic mass is 14.7. The van der Waals surface area contributed by atoms with Crippen molar-refractivity contribution in [3.05, 3.63) is 22.9 Å². The zero-order chi connectivity index (χ0) is 13.7. The largest absolute Gasteiger partial charge is 0.402 e. The SMILES string of the molecule is CC1=C2C(N)C[C@@H](C)/C(N)=C\C(CC1C)C2(C)C. The second kappa shape index (κ2) is 4.41. The van der Waals surface area contributed by atoms with E-state index in [0.717, 1.165) is 12.1 Å². The first-order valence-electron chi connectivity index (χ1n) is 7.19. The van der Waals surface area contributed by atoms with Crippen molar-refractivity contribution in [3.63, 3.8) is 0 Å². The number of allylic oxidation sites excluding steroid dienone is 3. The maximum absolute atomic E-state index is 6.50. The summed E-state index contributed by atoms with van der Waals surface area (Å²) in [6.45, 7) is 11.5. The zero-order valence-electron chi connectivity index (χ0n) is 12.5. The summed E-state index contributed by atoms with van der Waals surface area (Å²) in [4.78, 5) is 0. The zero-order valence-corrected chi connectivity index (χ0v) is 12.5. The molecule has 0 spiro atoms. The number of rotatable bonds is 0. The minimum atomic E-state index is 0.154. The Morgan fingerprint density at radius 3 is 2.39 bits per heavy atom. The van der Waals surface area contributed by atoms with E-state index in [-0.39, 0.29) is 11.5 Å². The topological polar surface area (TPSA) is 52.0 Å². The maximum atomic E-state index is 6.50. The van der Waals surface area contributed by atoms with Crippen LogP contribution in [0.15, 0.2) is 22.9 Å². The van der Waals surface area contributed by atoms with Gasteiger partial charge in [0.2, 0.25) is 0 Å². The molecule has 2 bridgehead atoms. The van der Waals surface area contributed by atoms with Gasteiger partial charge in [0.1, 0.15) is 0 Å². The average molecular weight is 248 g/mol. The van der Waals surface area contributed by atoms with Crippen LogP contribution in [0.1, 0.15) is 47.5 Å². The smallest absolute Gasteiger partial charge is 0.0268 e. The van der Waals surface area contributed by atoms with Gasteiger partial charge in [0.05, 0.1) is 0 Å². The number of hydrogen-bond acceptors (Lipinski definition) is 2. The van der Waals surface area contributed by atoms with Gasteiger partial charge in [-0.25, -0.2) is 0 Å². The fourth-order valence-corrected chi connectivity index (χ4v) is 3.90. The quantitative estimate of drug-likeness (QED) is 0.647. The summed E-state index contributed by atoms with van der Waals surface area (Å²) in [5, 5.41) is 0. The van der Waals surface area contributed by atoms with Crippen LogP contribution in [0.3, 0.4) is 0 Å². The van der Waals surface area contributed by atoms with Crippen LogP contribution in [-0.2, 0) is 0 Å². The standard InChI is InChI=1S/C16H28N2/c1-9-6-12-8-13(17)10(2)7-14(18)15(11(9)3)16(12,4)5/h8-10,12,14H,6-7,17-18H2,1-5H3/b13-8+/t9?,10-,12?,14?/m1/s1. The highest BCUT2D eigenvalue weighted by Gasteiger charge is 2.42. The molecule has 0 amide bonds. The first kappa shape index (κ1) is 13.7. The molecule has 0 heterocycles. The van der Waals surface area contributed by atoms with Crippen LogP contribution in [0.4, 0.5) is 0 Å². The highest BCUT2D eigenvalue weighted by molar-refractivity contribution is 5.34. The summed E-state index contributed by atoms with van der Waals surface area (Å²) in [6.07, 6.45) is 4.49. The van der Waals surface area contributed by atoms with Gasteiger partial charge >= 0.3 is 0 Å². The molecule has 0 fully saturated rings. The summed E-state index contributed by atoms with van der Waals surface area (Å²) in [5.41, 5.74) is 16.9. The predicted molar refractivity (Wildman–Crippen MR) is 77.8 cm³/mol. The van der Waals surface area contributed by atoms with Crippen LogP contribution in [0.2, 0.25) is 0 Å². The predicted octanol–water partition coefficient (Wildman–Crippen LogP) is 3.19. The van der Waals surface area contributed by atoms with Gasteiger partial charge < -0.3 is 11.5 Å². The highest BCUT2D eigenvalue weighted by Crippen LogP contribution is 2.50. The summed E-state index contributed by atoms with van der Waals surface area (Å²) in [7, 11) is 0. The number of hydrogen-bond donors (Lipinski definition) is 2. The molecule has 2 heteroatoms. The van der Waals surface area contributed by atoms with E-state index >= 15 is 0 Å². The normalized spacial score (nSPS) is 42.9. The Hall–Kier alpha value is -0.760. The van der Waals surface area contributed by atoms with Gasteiger partial charge in [0, 0.05) is 11.7 Å². The Kier molecular flexibility index (Phi) is 3.35. The minimum Gasteiger partial charge on any atom is -0.402 e. The van der Waals surface area contributed by atoms with Crippen molar-refractivity contribution in [3.8, 4) is 0 Å². The molecule has 4 atom stereocenters. The van der Waals surface area contributed by atoms with Gasteiger partial charge in [-0.3, -0.25) is 0 Å². The summed E-state index contributed by atoms with van der Waals surface area (Å²) in [5.74, 6) is 1.55.